The van der Waals surface area contributed by atoms with Crippen molar-refractivity contribution in [3.8, 4) is 0 Å². The van der Waals surface area contributed by atoms with Crippen molar-refractivity contribution in [1.82, 2.24) is 10.1 Å². The van der Waals surface area contributed by atoms with Crippen molar-refractivity contribution in [1.29, 1.82) is 0 Å². The predicted octanol–water partition coefficient (Wildman–Crippen LogP) is 2.77. The molecule has 1 heterocycles. The van der Waals surface area contributed by atoms with E-state index in [-0.39, 0.29) is 13.1 Å². The summed E-state index contributed by atoms with van der Waals surface area (Å²) < 4.78 is 5.11. The van der Waals surface area contributed by atoms with Gasteiger partial charge in [-0.3, -0.25) is 4.79 Å². The highest BCUT2D eigenvalue weighted by Crippen LogP contribution is 2.20. The number of nitrogens with zero attached hydrogens (tertiary/aromatic N) is 3. The van der Waals surface area contributed by atoms with Gasteiger partial charge in [0.05, 0.1) is 6.54 Å². The smallest absolute Gasteiger partial charge is 0.323 e. The van der Waals surface area contributed by atoms with E-state index in [9.17, 15) is 4.79 Å². The molecule has 6 nitrogen and oxygen atoms in total. The Morgan fingerprint density at radius 3 is 2.95 bits per heavy atom. The fraction of sp³-hybridized carbons (Fsp3) is 0.357. The van der Waals surface area contributed by atoms with Crippen molar-refractivity contribution in [2.24, 2.45) is 0 Å². The molecule has 21 heavy (non-hydrogen) atoms. The third-order valence-electron chi connectivity index (χ3n) is 2.81. The van der Waals surface area contributed by atoms with Crippen LogP contribution in [-0.4, -0.2) is 27.8 Å². The van der Waals surface area contributed by atoms with Gasteiger partial charge in [0.25, 0.3) is 0 Å². The molecule has 0 saturated heterocycles. The molecule has 0 amide bonds. The lowest BCUT2D eigenvalue weighted by molar-refractivity contribution is -0.135. The van der Waals surface area contributed by atoms with Gasteiger partial charge in [-0.25, -0.2) is 0 Å². The SMILES string of the molecule is CCCc1nc(CN(CC(=O)O)c2cccc(Cl)c2)no1. The topological polar surface area (TPSA) is 79.5 Å². The Labute approximate surface area is 127 Å². The highest BCUT2D eigenvalue weighted by Gasteiger charge is 2.15. The van der Waals surface area contributed by atoms with Gasteiger partial charge in [-0.15, -0.1) is 0 Å². The molecule has 0 atom stereocenters. The van der Waals surface area contributed by atoms with E-state index in [1.807, 2.05) is 6.92 Å². The van der Waals surface area contributed by atoms with Gasteiger partial charge < -0.3 is 14.5 Å². The number of carbonyl (C=O) groups is 1. The summed E-state index contributed by atoms with van der Waals surface area (Å²) in [5, 5.41) is 13.5. The van der Waals surface area contributed by atoms with Crippen molar-refractivity contribution < 1.29 is 14.4 Å². The van der Waals surface area contributed by atoms with Crippen LogP contribution in [0, 0.1) is 0 Å². The minimum atomic E-state index is -0.938. The van der Waals surface area contributed by atoms with Crippen LogP contribution in [0.4, 0.5) is 5.69 Å². The number of hydrogen-bond donors (Lipinski definition) is 1. The van der Waals surface area contributed by atoms with E-state index in [0.29, 0.717) is 28.8 Å². The zero-order valence-electron chi connectivity index (χ0n) is 11.6. The molecule has 1 N–H and O–H groups in total. The number of benzene rings is 1. The third-order valence-corrected chi connectivity index (χ3v) is 3.04. The Morgan fingerprint density at radius 1 is 1.48 bits per heavy atom. The monoisotopic (exact) mass is 309 g/mol. The Kier molecular flexibility index (Phi) is 5.16. The largest absolute Gasteiger partial charge is 0.480 e. The van der Waals surface area contributed by atoms with Crippen molar-refractivity contribution in [3.63, 3.8) is 0 Å². The number of rotatable bonds is 7. The fourth-order valence-corrected chi connectivity index (χ4v) is 2.10. The average molecular weight is 310 g/mol. The van der Waals surface area contributed by atoms with Gasteiger partial charge in [0.2, 0.25) is 5.89 Å². The summed E-state index contributed by atoms with van der Waals surface area (Å²) in [6.45, 7) is 2.10. The lowest BCUT2D eigenvalue weighted by Crippen LogP contribution is -2.29. The lowest BCUT2D eigenvalue weighted by atomic mass is 10.2. The quantitative estimate of drug-likeness (QED) is 0.847. The Hall–Kier alpha value is -2.08. The maximum absolute atomic E-state index is 11.0. The van der Waals surface area contributed by atoms with Crippen molar-refractivity contribution in [2.45, 2.75) is 26.3 Å². The van der Waals surface area contributed by atoms with Crippen LogP contribution >= 0.6 is 11.6 Å². The summed E-state index contributed by atoms with van der Waals surface area (Å²) in [5.74, 6) is 0.0841. The Bertz CT molecular complexity index is 615. The maximum atomic E-state index is 11.0. The minimum Gasteiger partial charge on any atom is -0.480 e. The zero-order valence-corrected chi connectivity index (χ0v) is 12.4. The standard InChI is InChI=1S/C14H16ClN3O3/c1-2-4-13-16-12(17-21-13)8-18(9-14(19)20)11-6-3-5-10(15)7-11/h3,5-7H,2,4,8-9H2,1H3,(H,19,20). The summed E-state index contributed by atoms with van der Waals surface area (Å²) in [6.07, 6.45) is 1.62. The molecule has 0 radical (unpaired) electrons. The van der Waals surface area contributed by atoms with Gasteiger partial charge in [-0.1, -0.05) is 29.7 Å². The molecule has 0 fully saturated rings. The highest BCUT2D eigenvalue weighted by atomic mass is 35.5. The van der Waals surface area contributed by atoms with E-state index in [1.165, 1.54) is 0 Å². The van der Waals surface area contributed by atoms with Crippen LogP contribution in [0.15, 0.2) is 28.8 Å². The number of aliphatic carboxylic acids is 1. The molecule has 7 heteroatoms. The summed E-state index contributed by atoms with van der Waals surface area (Å²) in [4.78, 5) is 16.9. The second kappa shape index (κ2) is 7.08. The highest BCUT2D eigenvalue weighted by molar-refractivity contribution is 6.30. The second-order valence-electron chi connectivity index (χ2n) is 4.58. The first-order chi connectivity index (χ1) is 10.1. The number of carboxylic acid groups (broad SMARTS) is 1. The molecular weight excluding hydrogens is 294 g/mol. The van der Waals surface area contributed by atoms with E-state index in [0.717, 1.165) is 6.42 Å². The first-order valence-electron chi connectivity index (χ1n) is 6.62. The van der Waals surface area contributed by atoms with Crippen LogP contribution in [0.1, 0.15) is 25.1 Å². The number of anilines is 1. The summed E-state index contributed by atoms with van der Waals surface area (Å²) in [5.41, 5.74) is 0.701. The average Bonchev–Trinajstić information content (AvgIpc) is 2.85. The summed E-state index contributed by atoms with van der Waals surface area (Å²) in [6, 6.07) is 7.00. The van der Waals surface area contributed by atoms with Crippen LogP contribution in [0.25, 0.3) is 0 Å². The minimum absolute atomic E-state index is 0.169. The maximum Gasteiger partial charge on any atom is 0.323 e. The van der Waals surface area contributed by atoms with E-state index in [2.05, 4.69) is 10.1 Å². The molecule has 0 aliphatic carbocycles. The van der Waals surface area contributed by atoms with E-state index in [4.69, 9.17) is 21.2 Å². The molecule has 0 aliphatic rings. The van der Waals surface area contributed by atoms with Crippen molar-refractivity contribution >= 4 is 23.3 Å². The molecule has 0 aliphatic heterocycles. The molecule has 1 aromatic carbocycles. The van der Waals surface area contributed by atoms with Gasteiger partial charge in [-0.2, -0.15) is 4.98 Å². The number of aryl methyl sites for hydroxylation is 1. The first-order valence-corrected chi connectivity index (χ1v) is 7.00. The molecule has 0 saturated carbocycles. The molecule has 112 valence electrons. The summed E-state index contributed by atoms with van der Waals surface area (Å²) >= 11 is 5.95. The number of halogens is 1. The molecule has 0 spiro atoms. The number of carboxylic acids is 1. The number of hydrogen-bond acceptors (Lipinski definition) is 5. The fourth-order valence-electron chi connectivity index (χ4n) is 1.92. The Balaban J connectivity index is 2.17. The van der Waals surface area contributed by atoms with Crippen LogP contribution in [0.5, 0.6) is 0 Å². The van der Waals surface area contributed by atoms with Crippen LogP contribution in [0.3, 0.4) is 0 Å². The van der Waals surface area contributed by atoms with E-state index < -0.39 is 5.97 Å². The van der Waals surface area contributed by atoms with Gasteiger partial charge >= 0.3 is 5.97 Å². The lowest BCUT2D eigenvalue weighted by Gasteiger charge is -2.21. The molecule has 2 aromatic rings. The van der Waals surface area contributed by atoms with Crippen molar-refractivity contribution in [3.05, 3.63) is 41.0 Å². The van der Waals surface area contributed by atoms with E-state index >= 15 is 0 Å². The van der Waals surface area contributed by atoms with Crippen LogP contribution in [0.2, 0.25) is 5.02 Å². The third kappa shape index (κ3) is 4.46. The Morgan fingerprint density at radius 2 is 2.29 bits per heavy atom. The van der Waals surface area contributed by atoms with Gasteiger partial charge in [0.15, 0.2) is 5.82 Å². The summed E-state index contributed by atoms with van der Waals surface area (Å²) in [7, 11) is 0. The van der Waals surface area contributed by atoms with Gasteiger partial charge in [0.1, 0.15) is 6.54 Å². The molecule has 1 aromatic heterocycles. The predicted molar refractivity (Wildman–Crippen MR) is 78.4 cm³/mol. The number of aromatic nitrogens is 2. The molecular formula is C14H16ClN3O3. The molecule has 0 bridgehead atoms. The van der Waals surface area contributed by atoms with E-state index in [1.54, 1.807) is 29.2 Å². The van der Waals surface area contributed by atoms with Crippen LogP contribution in [-0.2, 0) is 17.8 Å². The zero-order chi connectivity index (χ0) is 15.2. The van der Waals surface area contributed by atoms with Crippen molar-refractivity contribution in [2.75, 3.05) is 11.4 Å². The second-order valence-corrected chi connectivity index (χ2v) is 5.02. The molecule has 2 rings (SSSR count). The molecule has 0 unspecified atom stereocenters. The van der Waals surface area contributed by atoms with Gasteiger partial charge in [-0.05, 0) is 24.6 Å². The normalized spacial score (nSPS) is 10.6. The van der Waals surface area contributed by atoms with Gasteiger partial charge in [0, 0.05) is 17.1 Å². The van der Waals surface area contributed by atoms with Crippen LogP contribution < -0.4 is 4.90 Å². The first kappa shape index (κ1) is 15.3.